The first-order chi connectivity index (χ1) is 10.3. The first-order valence-electron chi connectivity index (χ1n) is 7.52. The predicted molar refractivity (Wildman–Crippen MR) is 80.2 cm³/mol. The highest BCUT2D eigenvalue weighted by Gasteiger charge is 2.36. The Balaban J connectivity index is 1.70. The Bertz CT molecular complexity index is 502. The maximum absolute atomic E-state index is 12.6. The molecule has 4 nitrogen and oxygen atoms in total. The van der Waals surface area contributed by atoms with Gasteiger partial charge in [-0.1, -0.05) is 29.8 Å². The zero-order valence-electron chi connectivity index (χ0n) is 12.0. The summed E-state index contributed by atoms with van der Waals surface area (Å²) in [5.41, 5.74) is 0.877. The van der Waals surface area contributed by atoms with Crippen molar-refractivity contribution in [3.8, 4) is 0 Å². The van der Waals surface area contributed by atoms with Crippen LogP contribution in [-0.2, 0) is 20.7 Å². The van der Waals surface area contributed by atoms with E-state index >= 15 is 0 Å². The lowest BCUT2D eigenvalue weighted by Gasteiger charge is -2.38. The number of carbonyl (C=O) groups is 1. The molecule has 0 radical (unpaired) electrons. The fraction of sp³-hybridized carbons (Fsp3) is 0.562. The summed E-state index contributed by atoms with van der Waals surface area (Å²) in [4.78, 5) is 14.6. The lowest BCUT2D eigenvalue weighted by atomic mass is 10.00. The van der Waals surface area contributed by atoms with E-state index in [1.165, 1.54) is 0 Å². The lowest BCUT2D eigenvalue weighted by molar-refractivity contribution is -0.149. The Labute approximate surface area is 130 Å². The van der Waals surface area contributed by atoms with Crippen LogP contribution in [0.5, 0.6) is 0 Å². The first-order valence-corrected chi connectivity index (χ1v) is 7.89. The van der Waals surface area contributed by atoms with Crippen LogP contribution in [0, 0.1) is 0 Å². The van der Waals surface area contributed by atoms with Crippen LogP contribution < -0.4 is 0 Å². The average Bonchev–Trinajstić information content (AvgIpc) is 3.04. The highest BCUT2D eigenvalue weighted by atomic mass is 35.5. The minimum Gasteiger partial charge on any atom is -0.348 e. The summed E-state index contributed by atoms with van der Waals surface area (Å²) in [6.45, 7) is 2.01. The van der Waals surface area contributed by atoms with Gasteiger partial charge in [0.2, 0.25) is 5.91 Å². The van der Waals surface area contributed by atoms with Crippen LogP contribution >= 0.6 is 11.6 Å². The third kappa shape index (κ3) is 3.39. The van der Waals surface area contributed by atoms with E-state index in [1.807, 2.05) is 29.2 Å². The van der Waals surface area contributed by atoms with E-state index in [2.05, 4.69) is 0 Å². The van der Waals surface area contributed by atoms with Crippen molar-refractivity contribution in [3.05, 3.63) is 34.9 Å². The molecule has 2 fully saturated rings. The Morgan fingerprint density at radius 2 is 2.00 bits per heavy atom. The molecule has 1 aromatic rings. The number of halogens is 1. The van der Waals surface area contributed by atoms with Gasteiger partial charge in [-0.25, -0.2) is 0 Å². The number of carbonyl (C=O) groups excluding carboxylic acids is 1. The molecule has 3 rings (SSSR count). The molecule has 1 atom stereocenters. The molecule has 0 bridgehead atoms. The van der Waals surface area contributed by atoms with Crippen molar-refractivity contribution in [2.45, 2.75) is 38.0 Å². The third-order valence-electron chi connectivity index (χ3n) is 4.13. The molecule has 0 aliphatic carbocycles. The molecule has 0 unspecified atom stereocenters. The molecule has 0 aromatic heterocycles. The Morgan fingerprint density at radius 3 is 2.76 bits per heavy atom. The highest BCUT2D eigenvalue weighted by molar-refractivity contribution is 6.31. The molecule has 114 valence electrons. The van der Waals surface area contributed by atoms with Crippen molar-refractivity contribution in [3.63, 3.8) is 0 Å². The zero-order valence-corrected chi connectivity index (χ0v) is 12.7. The zero-order chi connectivity index (χ0) is 14.7. The summed E-state index contributed by atoms with van der Waals surface area (Å²) in [5, 5.41) is 0.646. The molecule has 2 heterocycles. The van der Waals surface area contributed by atoms with E-state index in [9.17, 15) is 4.79 Å². The lowest BCUT2D eigenvalue weighted by Crippen LogP contribution is -2.50. The molecule has 2 aliphatic heterocycles. The minimum absolute atomic E-state index is 0.0382. The number of rotatable bonds is 3. The molecular formula is C16H20ClNO3. The summed E-state index contributed by atoms with van der Waals surface area (Å²) in [7, 11) is 0. The summed E-state index contributed by atoms with van der Waals surface area (Å²) >= 11 is 6.15. The molecule has 21 heavy (non-hydrogen) atoms. The number of ether oxygens (including phenoxy) is 2. The molecule has 0 spiro atoms. The SMILES string of the molecule is O=C(Cc1ccccc1Cl)N1CCCC[C@@H]1C1OCCO1. The Hall–Kier alpha value is -1.10. The fourth-order valence-corrected chi connectivity index (χ4v) is 3.26. The second-order valence-corrected chi connectivity index (χ2v) is 5.94. The van der Waals surface area contributed by atoms with Crippen molar-refractivity contribution in [1.82, 2.24) is 4.90 Å². The van der Waals surface area contributed by atoms with Gasteiger partial charge in [-0.15, -0.1) is 0 Å². The van der Waals surface area contributed by atoms with Gasteiger partial charge in [0.1, 0.15) is 0 Å². The topological polar surface area (TPSA) is 38.8 Å². The molecule has 1 aromatic carbocycles. The van der Waals surface area contributed by atoms with Gasteiger partial charge in [0, 0.05) is 11.6 Å². The van der Waals surface area contributed by atoms with Gasteiger partial charge in [-0.3, -0.25) is 4.79 Å². The number of hydrogen-bond donors (Lipinski definition) is 0. The molecule has 1 amide bonds. The summed E-state index contributed by atoms with van der Waals surface area (Å²) in [5.74, 6) is 0.104. The van der Waals surface area contributed by atoms with Crippen LogP contribution in [0.3, 0.4) is 0 Å². The van der Waals surface area contributed by atoms with E-state index in [4.69, 9.17) is 21.1 Å². The van der Waals surface area contributed by atoms with Crippen molar-refractivity contribution in [1.29, 1.82) is 0 Å². The molecule has 2 saturated heterocycles. The fourth-order valence-electron chi connectivity index (χ4n) is 3.05. The van der Waals surface area contributed by atoms with Crippen LogP contribution in [0.4, 0.5) is 0 Å². The standard InChI is InChI=1S/C16H20ClNO3/c17-13-6-2-1-5-12(13)11-15(19)18-8-4-3-7-14(18)16-20-9-10-21-16/h1-2,5-6,14,16H,3-4,7-11H2/t14-/m1/s1. The second-order valence-electron chi connectivity index (χ2n) is 5.53. The second kappa shape index (κ2) is 6.77. The summed E-state index contributed by atoms with van der Waals surface area (Å²) in [6.07, 6.45) is 3.17. The van der Waals surface area contributed by atoms with Gasteiger partial charge >= 0.3 is 0 Å². The van der Waals surface area contributed by atoms with Crippen LogP contribution in [0.1, 0.15) is 24.8 Å². The maximum atomic E-state index is 12.6. The van der Waals surface area contributed by atoms with Gasteiger partial charge in [0.25, 0.3) is 0 Å². The largest absolute Gasteiger partial charge is 0.348 e. The number of hydrogen-bond acceptors (Lipinski definition) is 3. The van der Waals surface area contributed by atoms with Crippen LogP contribution in [0.15, 0.2) is 24.3 Å². The summed E-state index contributed by atoms with van der Waals surface area (Å²) < 4.78 is 11.2. The van der Waals surface area contributed by atoms with E-state index in [0.29, 0.717) is 24.7 Å². The third-order valence-corrected chi connectivity index (χ3v) is 4.50. The van der Waals surface area contributed by atoms with Gasteiger partial charge in [0.05, 0.1) is 25.7 Å². The highest BCUT2D eigenvalue weighted by Crippen LogP contribution is 2.26. The van der Waals surface area contributed by atoms with E-state index in [0.717, 1.165) is 31.4 Å². The van der Waals surface area contributed by atoms with Gasteiger partial charge < -0.3 is 14.4 Å². The van der Waals surface area contributed by atoms with E-state index in [1.54, 1.807) is 0 Å². The number of likely N-dealkylation sites (tertiary alicyclic amines) is 1. The predicted octanol–water partition coefficient (Wildman–Crippen LogP) is 2.64. The van der Waals surface area contributed by atoms with Crippen LogP contribution in [0.2, 0.25) is 5.02 Å². The van der Waals surface area contributed by atoms with E-state index in [-0.39, 0.29) is 18.2 Å². The van der Waals surface area contributed by atoms with Crippen molar-refractivity contribution >= 4 is 17.5 Å². The van der Waals surface area contributed by atoms with Crippen molar-refractivity contribution in [2.24, 2.45) is 0 Å². The Kier molecular flexibility index (Phi) is 4.78. The molecule has 2 aliphatic rings. The van der Waals surface area contributed by atoms with Crippen LogP contribution in [-0.4, -0.2) is 42.9 Å². The van der Waals surface area contributed by atoms with Gasteiger partial charge in [-0.05, 0) is 30.9 Å². The van der Waals surface area contributed by atoms with Crippen LogP contribution in [0.25, 0.3) is 0 Å². The maximum Gasteiger partial charge on any atom is 0.227 e. The van der Waals surface area contributed by atoms with E-state index < -0.39 is 0 Å². The molecule has 5 heteroatoms. The number of piperidine rings is 1. The number of nitrogens with zero attached hydrogens (tertiary/aromatic N) is 1. The van der Waals surface area contributed by atoms with Crippen molar-refractivity contribution in [2.75, 3.05) is 19.8 Å². The van der Waals surface area contributed by atoms with Gasteiger partial charge in [0.15, 0.2) is 6.29 Å². The number of benzene rings is 1. The first kappa shape index (κ1) is 14.8. The molecule has 0 N–H and O–H groups in total. The average molecular weight is 310 g/mol. The smallest absolute Gasteiger partial charge is 0.227 e. The van der Waals surface area contributed by atoms with Gasteiger partial charge in [-0.2, -0.15) is 0 Å². The van der Waals surface area contributed by atoms with Crippen molar-refractivity contribution < 1.29 is 14.3 Å². The number of amides is 1. The monoisotopic (exact) mass is 309 g/mol. The minimum atomic E-state index is -0.263. The summed E-state index contributed by atoms with van der Waals surface area (Å²) in [6, 6.07) is 7.55. The molecular weight excluding hydrogens is 290 g/mol. The Morgan fingerprint density at radius 1 is 1.24 bits per heavy atom. The molecule has 0 saturated carbocycles. The quantitative estimate of drug-likeness (QED) is 0.861. The normalized spacial score (nSPS) is 23.5.